The van der Waals surface area contributed by atoms with E-state index in [1.807, 2.05) is 24.4 Å². The third-order valence-electron chi connectivity index (χ3n) is 3.59. The van der Waals surface area contributed by atoms with E-state index in [4.69, 9.17) is 0 Å². The van der Waals surface area contributed by atoms with Crippen molar-refractivity contribution >= 4 is 22.4 Å². The number of nitrogens with zero attached hydrogens (tertiary/aromatic N) is 3. The molecule has 2 heterocycles. The first kappa shape index (κ1) is 13.4. The largest absolute Gasteiger partial charge is 0.337 e. The van der Waals surface area contributed by atoms with Crippen molar-refractivity contribution in [3.8, 4) is 11.1 Å². The third-order valence-corrected chi connectivity index (χ3v) is 3.59. The van der Waals surface area contributed by atoms with Gasteiger partial charge in [0.2, 0.25) is 0 Å². The predicted octanol–water partition coefficient (Wildman–Crippen LogP) is 3.90. The van der Waals surface area contributed by atoms with E-state index < -0.39 is 0 Å². The lowest BCUT2D eigenvalue weighted by atomic mass is 10.1. The molecule has 2 N–H and O–H groups in total. The second-order valence-corrected chi connectivity index (χ2v) is 5.05. The second-order valence-electron chi connectivity index (χ2n) is 5.05. The Hall–Kier alpha value is -3.28. The Morgan fingerprint density at radius 2 is 1.91 bits per heavy atom. The van der Waals surface area contributed by atoms with Gasteiger partial charge in [0.15, 0.2) is 0 Å². The highest BCUT2D eigenvalue weighted by atomic mass is 19.1. The fourth-order valence-electron chi connectivity index (χ4n) is 2.44. The van der Waals surface area contributed by atoms with Crippen LogP contribution in [0.15, 0.2) is 61.2 Å². The van der Waals surface area contributed by atoms with Crippen LogP contribution in [-0.4, -0.2) is 20.2 Å². The minimum atomic E-state index is -0.325. The number of fused-ring (bicyclic) bond motifs is 1. The van der Waals surface area contributed by atoms with Crippen LogP contribution in [0.2, 0.25) is 0 Å². The summed E-state index contributed by atoms with van der Waals surface area (Å²) in [7, 11) is 0. The van der Waals surface area contributed by atoms with Gasteiger partial charge in [-0.3, -0.25) is 5.10 Å². The second kappa shape index (κ2) is 5.49. The molecule has 5 nitrogen and oxygen atoms in total. The molecule has 0 aliphatic heterocycles. The van der Waals surface area contributed by atoms with Crippen molar-refractivity contribution in [2.75, 3.05) is 5.32 Å². The first-order valence-corrected chi connectivity index (χ1v) is 7.07. The lowest BCUT2D eigenvalue weighted by Gasteiger charge is -2.09. The van der Waals surface area contributed by atoms with Crippen molar-refractivity contribution in [3.05, 3.63) is 67.0 Å². The Bertz CT molecular complexity index is 966. The Morgan fingerprint density at radius 3 is 2.74 bits per heavy atom. The maximum Gasteiger partial charge on any atom is 0.146 e. The van der Waals surface area contributed by atoms with Crippen LogP contribution in [0.4, 0.5) is 15.9 Å². The summed E-state index contributed by atoms with van der Waals surface area (Å²) in [5.74, 6) is 0.244. The van der Waals surface area contributed by atoms with Gasteiger partial charge in [-0.15, -0.1) is 0 Å². The van der Waals surface area contributed by atoms with Crippen molar-refractivity contribution in [2.45, 2.75) is 0 Å². The molecular weight excluding hydrogens is 293 g/mol. The van der Waals surface area contributed by atoms with Crippen LogP contribution in [0, 0.1) is 5.82 Å². The number of H-pyrrole nitrogens is 1. The predicted molar refractivity (Wildman–Crippen MR) is 86.8 cm³/mol. The van der Waals surface area contributed by atoms with E-state index in [0.29, 0.717) is 11.5 Å². The molecule has 4 aromatic rings. The van der Waals surface area contributed by atoms with Gasteiger partial charge in [0, 0.05) is 17.1 Å². The zero-order valence-electron chi connectivity index (χ0n) is 12.0. The number of anilines is 2. The number of rotatable bonds is 3. The highest BCUT2D eigenvalue weighted by Crippen LogP contribution is 2.28. The van der Waals surface area contributed by atoms with Crippen molar-refractivity contribution in [1.82, 2.24) is 20.2 Å². The molecule has 0 spiro atoms. The van der Waals surface area contributed by atoms with Crippen molar-refractivity contribution in [2.24, 2.45) is 0 Å². The third kappa shape index (κ3) is 2.50. The van der Waals surface area contributed by atoms with Gasteiger partial charge in [-0.25, -0.2) is 14.4 Å². The van der Waals surface area contributed by atoms with E-state index in [0.717, 1.165) is 22.0 Å². The summed E-state index contributed by atoms with van der Waals surface area (Å²) in [5.41, 5.74) is 3.14. The standard InChI is InChI=1S/C17H12FN5/c18-14-3-1-2-4-15(14)23-17-13-6-5-11(12-8-21-22-9-12)7-16(13)19-10-20-17/h1-10H,(H,21,22)(H,19,20,23). The molecule has 4 rings (SSSR count). The Labute approximate surface area is 131 Å². The highest BCUT2D eigenvalue weighted by Gasteiger charge is 2.08. The van der Waals surface area contributed by atoms with Gasteiger partial charge < -0.3 is 5.32 Å². The summed E-state index contributed by atoms with van der Waals surface area (Å²) in [5, 5.41) is 10.6. The number of aromatic amines is 1. The molecule has 112 valence electrons. The van der Waals surface area contributed by atoms with Crippen LogP contribution in [0.3, 0.4) is 0 Å². The normalized spacial score (nSPS) is 10.8. The molecular formula is C17H12FN5. The summed E-state index contributed by atoms with van der Waals surface area (Å²) < 4.78 is 13.8. The summed E-state index contributed by atoms with van der Waals surface area (Å²) in [6.07, 6.45) is 5.03. The van der Waals surface area contributed by atoms with Crippen LogP contribution in [0.1, 0.15) is 0 Å². The number of hydrogen-bond acceptors (Lipinski definition) is 4. The van der Waals surface area contributed by atoms with E-state index in [2.05, 4.69) is 25.5 Å². The number of halogens is 1. The Balaban J connectivity index is 1.78. The zero-order valence-corrected chi connectivity index (χ0v) is 12.0. The molecule has 0 saturated carbocycles. The summed E-state index contributed by atoms with van der Waals surface area (Å²) in [6.45, 7) is 0. The van der Waals surface area contributed by atoms with E-state index in [-0.39, 0.29) is 5.82 Å². The molecule has 0 radical (unpaired) electrons. The molecule has 0 bridgehead atoms. The molecule has 6 heteroatoms. The van der Waals surface area contributed by atoms with Gasteiger partial charge in [0.1, 0.15) is 18.0 Å². The molecule has 0 aliphatic carbocycles. The molecule has 2 aromatic carbocycles. The molecule has 0 atom stereocenters. The number of para-hydroxylation sites is 1. The molecule has 23 heavy (non-hydrogen) atoms. The first-order chi connectivity index (χ1) is 11.3. The fraction of sp³-hybridized carbons (Fsp3) is 0. The molecule has 0 amide bonds. The van der Waals surface area contributed by atoms with Crippen LogP contribution < -0.4 is 5.32 Å². The van der Waals surface area contributed by atoms with Gasteiger partial charge in [0.05, 0.1) is 17.4 Å². The van der Waals surface area contributed by atoms with Crippen LogP contribution in [-0.2, 0) is 0 Å². The topological polar surface area (TPSA) is 66.5 Å². The summed E-state index contributed by atoms with van der Waals surface area (Å²) in [4.78, 5) is 8.53. The molecule has 0 fully saturated rings. The maximum atomic E-state index is 13.8. The monoisotopic (exact) mass is 305 g/mol. The Morgan fingerprint density at radius 1 is 1.00 bits per heavy atom. The average molecular weight is 305 g/mol. The van der Waals surface area contributed by atoms with E-state index in [9.17, 15) is 4.39 Å². The van der Waals surface area contributed by atoms with Crippen molar-refractivity contribution in [1.29, 1.82) is 0 Å². The molecule has 0 unspecified atom stereocenters. The minimum Gasteiger partial charge on any atom is -0.337 e. The summed E-state index contributed by atoms with van der Waals surface area (Å²) in [6, 6.07) is 12.3. The SMILES string of the molecule is Fc1ccccc1Nc1ncnc2cc(-c3cn[nH]c3)ccc12. The molecule has 0 aliphatic rings. The fourth-order valence-corrected chi connectivity index (χ4v) is 2.44. The lowest BCUT2D eigenvalue weighted by molar-refractivity contribution is 0.632. The minimum absolute atomic E-state index is 0.325. The number of aromatic nitrogens is 4. The zero-order chi connectivity index (χ0) is 15.6. The van der Waals surface area contributed by atoms with E-state index >= 15 is 0 Å². The Kier molecular flexibility index (Phi) is 3.20. The van der Waals surface area contributed by atoms with E-state index in [1.54, 1.807) is 24.4 Å². The average Bonchev–Trinajstić information content (AvgIpc) is 3.11. The van der Waals surface area contributed by atoms with Gasteiger partial charge in [0.25, 0.3) is 0 Å². The molecule has 2 aromatic heterocycles. The van der Waals surface area contributed by atoms with Gasteiger partial charge in [-0.2, -0.15) is 5.10 Å². The highest BCUT2D eigenvalue weighted by molar-refractivity contribution is 5.93. The van der Waals surface area contributed by atoms with Gasteiger partial charge in [-0.1, -0.05) is 18.2 Å². The van der Waals surface area contributed by atoms with Crippen LogP contribution >= 0.6 is 0 Å². The lowest BCUT2D eigenvalue weighted by Crippen LogP contribution is -1.98. The molecule has 0 saturated heterocycles. The maximum absolute atomic E-state index is 13.8. The van der Waals surface area contributed by atoms with Crippen molar-refractivity contribution in [3.63, 3.8) is 0 Å². The number of benzene rings is 2. The van der Waals surface area contributed by atoms with Crippen LogP contribution in [0.25, 0.3) is 22.0 Å². The number of nitrogens with one attached hydrogen (secondary N) is 2. The first-order valence-electron chi connectivity index (χ1n) is 7.07. The number of hydrogen-bond donors (Lipinski definition) is 2. The summed E-state index contributed by atoms with van der Waals surface area (Å²) >= 11 is 0. The van der Waals surface area contributed by atoms with Crippen molar-refractivity contribution < 1.29 is 4.39 Å². The quantitative estimate of drug-likeness (QED) is 0.602. The van der Waals surface area contributed by atoms with Gasteiger partial charge in [-0.05, 0) is 29.8 Å². The van der Waals surface area contributed by atoms with Gasteiger partial charge >= 0.3 is 0 Å². The van der Waals surface area contributed by atoms with E-state index in [1.165, 1.54) is 12.4 Å². The smallest absolute Gasteiger partial charge is 0.146 e. The van der Waals surface area contributed by atoms with Crippen LogP contribution in [0.5, 0.6) is 0 Å².